The molecule has 0 fully saturated rings. The van der Waals surface area contributed by atoms with Crippen LogP contribution >= 0.6 is 12.2 Å². The van der Waals surface area contributed by atoms with E-state index in [9.17, 15) is 24.8 Å². The van der Waals surface area contributed by atoms with Gasteiger partial charge in [-0.3, -0.25) is 35.9 Å². The molecule has 0 bridgehead atoms. The second-order valence-corrected chi connectivity index (χ2v) is 5.42. The van der Waals surface area contributed by atoms with Crippen molar-refractivity contribution in [2.75, 3.05) is 6.61 Å². The lowest BCUT2D eigenvalue weighted by molar-refractivity contribution is -0.384. The number of carbonyl (C=O) groups is 2. The minimum Gasteiger partial charge on any atom is -0.507 e. The third kappa shape index (κ3) is 5.93. The molecule has 11 heteroatoms. The average Bonchev–Trinajstić information content (AvgIpc) is 2.65. The summed E-state index contributed by atoms with van der Waals surface area (Å²) in [4.78, 5) is 33.6. The lowest BCUT2D eigenvalue weighted by Crippen LogP contribution is -2.49. The average molecular weight is 390 g/mol. The molecular weight excluding hydrogens is 376 g/mol. The number of para-hydroxylation sites is 1. The van der Waals surface area contributed by atoms with E-state index in [0.29, 0.717) is 0 Å². The molecule has 2 aromatic rings. The van der Waals surface area contributed by atoms with Gasteiger partial charge in [0.1, 0.15) is 11.5 Å². The molecule has 0 aliphatic heterocycles. The Kier molecular flexibility index (Phi) is 6.61. The number of nitrogens with zero attached hydrogens (tertiary/aromatic N) is 1. The van der Waals surface area contributed by atoms with Crippen LogP contribution in [0.5, 0.6) is 11.5 Å². The molecule has 2 aromatic carbocycles. The van der Waals surface area contributed by atoms with Crippen molar-refractivity contribution in [1.82, 2.24) is 16.2 Å². The number of hydrazine groups is 1. The number of phenolic OH excluding ortho intramolecular Hbond substituents is 1. The Morgan fingerprint density at radius 3 is 2.41 bits per heavy atom. The molecule has 0 unspecified atom stereocenters. The number of hydrogen-bond acceptors (Lipinski definition) is 7. The van der Waals surface area contributed by atoms with Crippen LogP contribution in [0.4, 0.5) is 5.69 Å². The third-order valence-electron chi connectivity index (χ3n) is 3.11. The van der Waals surface area contributed by atoms with Crippen LogP contribution in [-0.4, -0.2) is 33.6 Å². The molecule has 2 rings (SSSR count). The molecule has 0 aliphatic rings. The summed E-state index contributed by atoms with van der Waals surface area (Å²) in [6.07, 6.45) is 0. The summed E-state index contributed by atoms with van der Waals surface area (Å²) in [5.41, 5.74) is 4.47. The van der Waals surface area contributed by atoms with Crippen LogP contribution in [0.15, 0.2) is 48.5 Å². The van der Waals surface area contributed by atoms with Gasteiger partial charge in [-0.2, -0.15) is 0 Å². The molecule has 27 heavy (non-hydrogen) atoms. The van der Waals surface area contributed by atoms with Crippen LogP contribution < -0.4 is 20.9 Å². The monoisotopic (exact) mass is 390 g/mol. The zero-order valence-electron chi connectivity index (χ0n) is 13.7. The van der Waals surface area contributed by atoms with Crippen molar-refractivity contribution in [1.29, 1.82) is 0 Å². The summed E-state index contributed by atoms with van der Waals surface area (Å²) in [5, 5.41) is 22.2. The fraction of sp³-hybridized carbons (Fsp3) is 0.0625. The van der Waals surface area contributed by atoms with Crippen molar-refractivity contribution in [3.63, 3.8) is 0 Å². The van der Waals surface area contributed by atoms with Gasteiger partial charge in [-0.15, -0.1) is 0 Å². The predicted molar refractivity (Wildman–Crippen MR) is 98.0 cm³/mol. The van der Waals surface area contributed by atoms with E-state index in [1.807, 2.05) is 0 Å². The van der Waals surface area contributed by atoms with E-state index in [1.165, 1.54) is 36.4 Å². The Hall–Kier alpha value is -3.73. The number of phenols is 1. The standard InChI is InChI=1S/C16H14N4O6S/c21-13-4-2-1-3-12(13)15(23)18-19-16(27)17-14(22)9-26-11-7-5-10(6-8-11)20(24)25/h1-8,21H,9H2,(H,18,23)(H2,17,19,22,27). The topological polar surface area (TPSA) is 143 Å². The molecule has 0 aliphatic carbocycles. The van der Waals surface area contributed by atoms with Gasteiger partial charge in [0.05, 0.1) is 10.5 Å². The van der Waals surface area contributed by atoms with Gasteiger partial charge < -0.3 is 9.84 Å². The van der Waals surface area contributed by atoms with Gasteiger partial charge in [-0.1, -0.05) is 12.1 Å². The zero-order valence-corrected chi connectivity index (χ0v) is 14.5. The van der Waals surface area contributed by atoms with Gasteiger partial charge in [-0.25, -0.2) is 0 Å². The highest BCUT2D eigenvalue weighted by Crippen LogP contribution is 2.17. The van der Waals surface area contributed by atoms with Gasteiger partial charge in [-0.05, 0) is 36.5 Å². The molecule has 140 valence electrons. The zero-order chi connectivity index (χ0) is 19.8. The number of non-ortho nitro benzene ring substituents is 1. The number of amides is 2. The maximum atomic E-state index is 11.9. The second kappa shape index (κ2) is 9.10. The SMILES string of the molecule is O=C(COc1ccc([N+](=O)[O-])cc1)NC(=S)NNC(=O)c1ccccc1O. The Balaban J connectivity index is 1.75. The predicted octanol–water partition coefficient (Wildman–Crippen LogP) is 1.01. The first kappa shape index (κ1) is 19.6. The van der Waals surface area contributed by atoms with Crippen molar-refractivity contribution in [3.05, 3.63) is 64.2 Å². The van der Waals surface area contributed by atoms with Crippen LogP contribution in [0.25, 0.3) is 0 Å². The number of nitro groups is 1. The summed E-state index contributed by atoms with van der Waals surface area (Å²) in [7, 11) is 0. The second-order valence-electron chi connectivity index (χ2n) is 5.01. The van der Waals surface area contributed by atoms with Gasteiger partial charge in [0, 0.05) is 12.1 Å². The largest absolute Gasteiger partial charge is 0.507 e. The van der Waals surface area contributed by atoms with Crippen molar-refractivity contribution < 1.29 is 24.4 Å². The van der Waals surface area contributed by atoms with Crippen LogP contribution in [0.1, 0.15) is 10.4 Å². The number of hydrogen-bond donors (Lipinski definition) is 4. The third-order valence-corrected chi connectivity index (χ3v) is 3.31. The van der Waals surface area contributed by atoms with Crippen molar-refractivity contribution >= 4 is 34.8 Å². The van der Waals surface area contributed by atoms with E-state index < -0.39 is 23.3 Å². The van der Waals surface area contributed by atoms with E-state index >= 15 is 0 Å². The van der Waals surface area contributed by atoms with Crippen LogP contribution in [0.2, 0.25) is 0 Å². The Morgan fingerprint density at radius 1 is 1.11 bits per heavy atom. The van der Waals surface area contributed by atoms with Crippen LogP contribution in [0, 0.1) is 10.1 Å². The van der Waals surface area contributed by atoms with Gasteiger partial charge >= 0.3 is 0 Å². The maximum Gasteiger partial charge on any atom is 0.273 e. The van der Waals surface area contributed by atoms with E-state index in [2.05, 4.69) is 16.2 Å². The number of carbonyl (C=O) groups excluding carboxylic acids is 2. The van der Waals surface area contributed by atoms with E-state index in [0.717, 1.165) is 0 Å². The molecule has 0 spiro atoms. The van der Waals surface area contributed by atoms with Crippen LogP contribution in [0.3, 0.4) is 0 Å². The minimum atomic E-state index is -0.646. The number of nitro benzene ring substituents is 1. The fourth-order valence-corrected chi connectivity index (χ4v) is 2.02. The summed E-state index contributed by atoms with van der Waals surface area (Å²) in [6, 6.07) is 11.1. The Morgan fingerprint density at radius 2 is 1.78 bits per heavy atom. The Bertz CT molecular complexity index is 871. The number of thiocarbonyl (C=S) groups is 1. The molecule has 2 amide bonds. The summed E-state index contributed by atoms with van der Waals surface area (Å²) in [6.45, 7) is -0.396. The molecule has 0 saturated heterocycles. The van der Waals surface area contributed by atoms with E-state index in [1.54, 1.807) is 12.1 Å². The molecule has 0 radical (unpaired) electrons. The molecule has 0 aromatic heterocycles. The number of ether oxygens (including phenoxy) is 1. The van der Waals surface area contributed by atoms with Crippen molar-refractivity contribution in [3.8, 4) is 11.5 Å². The summed E-state index contributed by atoms with van der Waals surface area (Å²) >= 11 is 4.86. The first-order valence-corrected chi connectivity index (χ1v) is 7.83. The lowest BCUT2D eigenvalue weighted by atomic mass is 10.2. The van der Waals surface area contributed by atoms with Gasteiger partial charge in [0.25, 0.3) is 17.5 Å². The first-order chi connectivity index (χ1) is 12.9. The molecule has 4 N–H and O–H groups in total. The Labute approximate surface area is 158 Å². The molecular formula is C16H14N4O6S. The quantitative estimate of drug-likeness (QED) is 0.337. The number of benzene rings is 2. The lowest BCUT2D eigenvalue weighted by Gasteiger charge is -2.11. The van der Waals surface area contributed by atoms with Gasteiger partial charge in [0.2, 0.25) is 0 Å². The smallest absolute Gasteiger partial charge is 0.273 e. The maximum absolute atomic E-state index is 11.9. The van der Waals surface area contributed by atoms with Crippen LogP contribution in [-0.2, 0) is 4.79 Å². The number of nitrogens with one attached hydrogen (secondary N) is 3. The summed E-state index contributed by atoms with van der Waals surface area (Å²) < 4.78 is 5.17. The van der Waals surface area contributed by atoms with Gasteiger partial charge in [0.15, 0.2) is 11.7 Å². The first-order valence-electron chi connectivity index (χ1n) is 7.42. The number of aromatic hydroxyl groups is 1. The fourth-order valence-electron chi connectivity index (χ4n) is 1.85. The van der Waals surface area contributed by atoms with E-state index in [-0.39, 0.29) is 27.9 Å². The molecule has 10 nitrogen and oxygen atoms in total. The molecule has 0 saturated carbocycles. The molecule has 0 atom stereocenters. The minimum absolute atomic E-state index is 0.0284. The normalized spacial score (nSPS) is 9.78. The molecule has 0 heterocycles. The van der Waals surface area contributed by atoms with E-state index in [4.69, 9.17) is 17.0 Å². The van der Waals surface area contributed by atoms with Crippen molar-refractivity contribution in [2.24, 2.45) is 0 Å². The highest BCUT2D eigenvalue weighted by atomic mass is 32.1. The summed E-state index contributed by atoms with van der Waals surface area (Å²) in [5.74, 6) is -1.19. The highest BCUT2D eigenvalue weighted by molar-refractivity contribution is 7.80. The van der Waals surface area contributed by atoms with Crippen molar-refractivity contribution in [2.45, 2.75) is 0 Å². The highest BCUT2D eigenvalue weighted by Gasteiger charge is 2.11. The number of rotatable bonds is 5.